The van der Waals surface area contributed by atoms with Crippen LogP contribution in [0.3, 0.4) is 0 Å². The standard InChI is InChI=1S/C34H38Cl3NO7/c1-23-14-24(2)16-29(15-23)31(40)44-19-27-8-6-25(7-9-27)17-38(32(41)45-22-34(35,36)37)20-33(3,4)21-43-18-26-10-12-28(13-11-26)30(39)42-5/h6-16H,17-22H2,1-5H3. The molecule has 0 fully saturated rings. The highest BCUT2D eigenvalue weighted by atomic mass is 35.6. The zero-order chi connectivity index (χ0) is 33.2. The molecule has 0 radical (unpaired) electrons. The molecule has 3 aromatic rings. The first-order chi connectivity index (χ1) is 21.1. The second-order valence-corrected chi connectivity index (χ2v) is 14.2. The number of carbonyl (C=O) groups excluding carboxylic acids is 3. The first-order valence-corrected chi connectivity index (χ1v) is 15.3. The van der Waals surface area contributed by atoms with Crippen molar-refractivity contribution in [3.63, 3.8) is 0 Å². The van der Waals surface area contributed by atoms with E-state index in [1.807, 2.05) is 58.0 Å². The first-order valence-electron chi connectivity index (χ1n) is 14.2. The topological polar surface area (TPSA) is 91.4 Å². The summed E-state index contributed by atoms with van der Waals surface area (Å²) in [6.45, 7) is 8.65. The molecule has 0 saturated heterocycles. The van der Waals surface area contributed by atoms with Gasteiger partial charge in [0.2, 0.25) is 3.79 Å². The van der Waals surface area contributed by atoms with Crippen LogP contribution in [0.25, 0.3) is 0 Å². The summed E-state index contributed by atoms with van der Waals surface area (Å²) < 4.78 is 19.8. The minimum Gasteiger partial charge on any atom is -0.465 e. The molecular formula is C34H38Cl3NO7. The Labute approximate surface area is 279 Å². The highest BCUT2D eigenvalue weighted by Crippen LogP contribution is 2.27. The fourth-order valence-electron chi connectivity index (χ4n) is 4.57. The molecule has 242 valence electrons. The third-order valence-electron chi connectivity index (χ3n) is 6.60. The van der Waals surface area contributed by atoms with Crippen molar-refractivity contribution in [3.05, 3.63) is 106 Å². The Bertz CT molecular complexity index is 1430. The quantitative estimate of drug-likeness (QED) is 0.103. The lowest BCUT2D eigenvalue weighted by Crippen LogP contribution is -2.41. The SMILES string of the molecule is COC(=O)c1ccc(COCC(C)(C)CN(Cc2ccc(COC(=O)c3cc(C)cc(C)c3)cc2)C(=O)OCC(Cl)(Cl)Cl)cc1. The van der Waals surface area contributed by atoms with Gasteiger partial charge in [-0.1, -0.05) is 102 Å². The van der Waals surface area contributed by atoms with Gasteiger partial charge < -0.3 is 23.8 Å². The maximum Gasteiger partial charge on any atom is 0.410 e. The van der Waals surface area contributed by atoms with E-state index in [9.17, 15) is 14.4 Å². The van der Waals surface area contributed by atoms with E-state index in [1.54, 1.807) is 36.4 Å². The van der Waals surface area contributed by atoms with Gasteiger partial charge in [-0.15, -0.1) is 0 Å². The predicted molar refractivity (Wildman–Crippen MR) is 175 cm³/mol. The van der Waals surface area contributed by atoms with Gasteiger partial charge in [0.1, 0.15) is 13.2 Å². The number of carbonyl (C=O) groups is 3. The number of methoxy groups -OCH3 is 1. The van der Waals surface area contributed by atoms with Crippen LogP contribution in [-0.4, -0.2) is 53.6 Å². The minimum atomic E-state index is -1.75. The average Bonchev–Trinajstić information content (AvgIpc) is 2.98. The summed E-state index contributed by atoms with van der Waals surface area (Å²) in [6, 6.07) is 19.9. The number of amides is 1. The molecule has 11 heteroatoms. The second-order valence-electron chi connectivity index (χ2n) is 11.6. The molecule has 1 amide bonds. The Morgan fingerprint density at radius 3 is 1.84 bits per heavy atom. The monoisotopic (exact) mass is 677 g/mol. The zero-order valence-electron chi connectivity index (χ0n) is 26.0. The van der Waals surface area contributed by atoms with Gasteiger partial charge in [0, 0.05) is 18.5 Å². The van der Waals surface area contributed by atoms with Crippen LogP contribution in [0, 0.1) is 19.3 Å². The highest BCUT2D eigenvalue weighted by Gasteiger charge is 2.29. The van der Waals surface area contributed by atoms with Crippen molar-refractivity contribution in [3.8, 4) is 0 Å². The van der Waals surface area contributed by atoms with Crippen molar-refractivity contribution < 1.29 is 33.3 Å². The molecule has 0 aliphatic heterocycles. The maximum absolute atomic E-state index is 13.1. The van der Waals surface area contributed by atoms with Crippen LogP contribution in [0.2, 0.25) is 0 Å². The van der Waals surface area contributed by atoms with Crippen molar-refractivity contribution in [2.24, 2.45) is 5.41 Å². The molecule has 0 unspecified atom stereocenters. The number of halogens is 3. The number of alkyl halides is 3. The van der Waals surface area contributed by atoms with Crippen LogP contribution in [0.15, 0.2) is 66.7 Å². The third-order valence-corrected chi connectivity index (χ3v) is 6.92. The second kappa shape index (κ2) is 16.3. The van der Waals surface area contributed by atoms with Crippen molar-refractivity contribution in [1.29, 1.82) is 0 Å². The Morgan fingerprint density at radius 1 is 0.711 bits per heavy atom. The van der Waals surface area contributed by atoms with Gasteiger partial charge in [0.25, 0.3) is 0 Å². The Hall–Kier alpha value is -3.30. The number of rotatable bonds is 13. The molecule has 0 aromatic heterocycles. The van der Waals surface area contributed by atoms with E-state index in [0.29, 0.717) is 24.3 Å². The number of nitrogens with zero attached hydrogens (tertiary/aromatic N) is 1. The van der Waals surface area contributed by atoms with Crippen molar-refractivity contribution in [1.82, 2.24) is 4.90 Å². The van der Waals surface area contributed by atoms with E-state index in [0.717, 1.165) is 27.8 Å². The van der Waals surface area contributed by atoms with Gasteiger partial charge in [-0.2, -0.15) is 0 Å². The molecule has 0 saturated carbocycles. The summed E-state index contributed by atoms with van der Waals surface area (Å²) in [5, 5.41) is 0. The molecule has 0 atom stereocenters. The summed E-state index contributed by atoms with van der Waals surface area (Å²) in [5.41, 5.74) is 4.98. The molecule has 0 bridgehead atoms. The third kappa shape index (κ3) is 12.5. The summed E-state index contributed by atoms with van der Waals surface area (Å²) in [7, 11) is 1.33. The van der Waals surface area contributed by atoms with Gasteiger partial charge in [0.15, 0.2) is 0 Å². The Morgan fingerprint density at radius 2 is 1.27 bits per heavy atom. The molecular weight excluding hydrogens is 641 g/mol. The molecule has 0 N–H and O–H groups in total. The van der Waals surface area contributed by atoms with Crippen molar-refractivity contribution in [2.45, 2.75) is 51.2 Å². The van der Waals surface area contributed by atoms with Gasteiger partial charge in [-0.05, 0) is 54.8 Å². The number of aryl methyl sites for hydroxylation is 2. The predicted octanol–water partition coefficient (Wildman–Crippen LogP) is 8.00. The Kier molecular flexibility index (Phi) is 13.1. The van der Waals surface area contributed by atoms with Gasteiger partial charge >= 0.3 is 18.0 Å². The van der Waals surface area contributed by atoms with E-state index in [-0.39, 0.29) is 19.7 Å². The van der Waals surface area contributed by atoms with Gasteiger partial charge in [-0.25, -0.2) is 14.4 Å². The summed E-state index contributed by atoms with van der Waals surface area (Å²) in [5.74, 6) is -0.798. The lowest BCUT2D eigenvalue weighted by Gasteiger charge is -2.32. The molecule has 8 nitrogen and oxygen atoms in total. The lowest BCUT2D eigenvalue weighted by molar-refractivity contribution is 0.0246. The van der Waals surface area contributed by atoms with E-state index >= 15 is 0 Å². The molecule has 3 rings (SSSR count). The molecule has 0 heterocycles. The van der Waals surface area contributed by atoms with Crippen molar-refractivity contribution in [2.75, 3.05) is 26.9 Å². The van der Waals surface area contributed by atoms with Crippen molar-refractivity contribution >= 4 is 52.8 Å². The average molecular weight is 679 g/mol. The first kappa shape index (κ1) is 36.2. The normalized spacial score (nSPS) is 11.6. The van der Waals surface area contributed by atoms with Crippen LogP contribution in [0.1, 0.15) is 62.4 Å². The lowest BCUT2D eigenvalue weighted by atomic mass is 9.94. The smallest absolute Gasteiger partial charge is 0.410 e. The molecule has 0 aliphatic rings. The van der Waals surface area contributed by atoms with Gasteiger partial charge in [-0.3, -0.25) is 0 Å². The van der Waals surface area contributed by atoms with Crippen LogP contribution < -0.4 is 0 Å². The van der Waals surface area contributed by atoms with Crippen LogP contribution in [0.5, 0.6) is 0 Å². The number of esters is 2. The number of hydrogen-bond donors (Lipinski definition) is 0. The summed E-state index contributed by atoms with van der Waals surface area (Å²) in [6.07, 6.45) is -0.640. The fraction of sp³-hybridized carbons (Fsp3) is 0.382. The van der Waals surface area contributed by atoms with E-state index in [1.165, 1.54) is 12.0 Å². The zero-order valence-corrected chi connectivity index (χ0v) is 28.3. The largest absolute Gasteiger partial charge is 0.465 e. The van der Waals surface area contributed by atoms with Crippen LogP contribution in [-0.2, 0) is 38.7 Å². The van der Waals surface area contributed by atoms with E-state index in [2.05, 4.69) is 0 Å². The molecule has 3 aromatic carbocycles. The van der Waals surface area contributed by atoms with Crippen LogP contribution >= 0.6 is 34.8 Å². The fourth-order valence-corrected chi connectivity index (χ4v) is 4.73. The maximum atomic E-state index is 13.1. The molecule has 0 aliphatic carbocycles. The van der Waals surface area contributed by atoms with Crippen LogP contribution in [0.4, 0.5) is 4.79 Å². The highest BCUT2D eigenvalue weighted by molar-refractivity contribution is 6.67. The number of ether oxygens (including phenoxy) is 4. The van der Waals surface area contributed by atoms with E-state index in [4.69, 9.17) is 53.8 Å². The molecule has 45 heavy (non-hydrogen) atoms. The number of benzene rings is 3. The number of hydrogen-bond acceptors (Lipinski definition) is 7. The minimum absolute atomic E-state index is 0.108. The van der Waals surface area contributed by atoms with E-state index < -0.39 is 33.8 Å². The Balaban J connectivity index is 1.61. The summed E-state index contributed by atoms with van der Waals surface area (Å²) >= 11 is 17.4. The van der Waals surface area contributed by atoms with Gasteiger partial charge in [0.05, 0.1) is 31.5 Å². The summed E-state index contributed by atoms with van der Waals surface area (Å²) in [4.78, 5) is 38.8. The molecule has 0 spiro atoms.